The Morgan fingerprint density at radius 3 is 2.45 bits per heavy atom. The van der Waals surface area contributed by atoms with Crippen LogP contribution in [0.25, 0.3) is 0 Å². The first-order chi connectivity index (χ1) is 9.31. The number of halogens is 2. The van der Waals surface area contributed by atoms with Crippen LogP contribution >= 0.6 is 43.2 Å². The largest absolute Gasteiger partial charge is 0.250 e. The van der Waals surface area contributed by atoms with Crippen LogP contribution in [-0.4, -0.2) is 8.42 Å². The van der Waals surface area contributed by atoms with E-state index >= 15 is 0 Å². The summed E-state index contributed by atoms with van der Waals surface area (Å²) < 4.78 is 29.5. The fraction of sp³-hybridized carbons (Fsp3) is 0.231. The summed E-state index contributed by atoms with van der Waals surface area (Å²) in [5.74, 6) is 0. The highest BCUT2D eigenvalue weighted by Crippen LogP contribution is 2.31. The number of aryl methyl sites for hydroxylation is 1. The van der Waals surface area contributed by atoms with Gasteiger partial charge in [-0.1, -0.05) is 34.1 Å². The first kappa shape index (κ1) is 16.2. The first-order valence-electron chi connectivity index (χ1n) is 5.84. The van der Waals surface area contributed by atoms with Crippen molar-refractivity contribution >= 4 is 53.2 Å². The van der Waals surface area contributed by atoms with E-state index in [0.29, 0.717) is 4.21 Å². The molecule has 20 heavy (non-hydrogen) atoms. The highest BCUT2D eigenvalue weighted by atomic mass is 79.9. The molecule has 108 valence electrons. The van der Waals surface area contributed by atoms with Crippen LogP contribution in [0.1, 0.15) is 24.1 Å². The molecule has 0 spiro atoms. The molecule has 0 radical (unpaired) electrons. The van der Waals surface area contributed by atoms with Crippen LogP contribution in [0.3, 0.4) is 0 Å². The molecule has 0 bridgehead atoms. The summed E-state index contributed by atoms with van der Waals surface area (Å²) in [5, 5.41) is 0. The van der Waals surface area contributed by atoms with E-state index in [1.54, 1.807) is 6.07 Å². The lowest BCUT2D eigenvalue weighted by atomic mass is 10.1. The normalized spacial score (nSPS) is 13.4. The van der Waals surface area contributed by atoms with Gasteiger partial charge in [0.05, 0.1) is 3.79 Å². The predicted molar refractivity (Wildman–Crippen MR) is 89.6 cm³/mol. The highest BCUT2D eigenvalue weighted by molar-refractivity contribution is 9.11. The van der Waals surface area contributed by atoms with Gasteiger partial charge >= 0.3 is 0 Å². The quantitative estimate of drug-likeness (QED) is 0.756. The summed E-state index contributed by atoms with van der Waals surface area (Å²) in [6.07, 6.45) is 0. The van der Waals surface area contributed by atoms with Crippen LogP contribution in [0.2, 0.25) is 0 Å². The van der Waals surface area contributed by atoms with Crippen LogP contribution < -0.4 is 4.72 Å². The molecule has 1 aromatic carbocycles. The molecular formula is C13H13Br2NO2S2. The molecule has 0 amide bonds. The zero-order valence-corrected chi connectivity index (χ0v) is 15.7. The third-order valence-electron chi connectivity index (χ3n) is 2.80. The zero-order valence-electron chi connectivity index (χ0n) is 10.9. The van der Waals surface area contributed by atoms with Crippen molar-refractivity contribution in [3.05, 3.63) is 49.7 Å². The van der Waals surface area contributed by atoms with Gasteiger partial charge in [0.15, 0.2) is 0 Å². The molecule has 1 unspecified atom stereocenters. The molecule has 0 aliphatic carbocycles. The number of sulfonamides is 1. The highest BCUT2D eigenvalue weighted by Gasteiger charge is 2.22. The molecule has 0 saturated carbocycles. The van der Waals surface area contributed by atoms with Gasteiger partial charge in [0.2, 0.25) is 0 Å². The third-order valence-corrected chi connectivity index (χ3v) is 7.68. The lowest BCUT2D eigenvalue weighted by Gasteiger charge is -2.15. The number of benzene rings is 1. The van der Waals surface area contributed by atoms with Crippen LogP contribution in [0.4, 0.5) is 0 Å². The summed E-state index contributed by atoms with van der Waals surface area (Å²) in [6.45, 7) is 3.70. The second kappa shape index (κ2) is 6.27. The van der Waals surface area contributed by atoms with Gasteiger partial charge in [-0.25, -0.2) is 13.1 Å². The van der Waals surface area contributed by atoms with Crippen molar-refractivity contribution in [2.75, 3.05) is 0 Å². The zero-order chi connectivity index (χ0) is 14.9. The molecule has 2 aromatic rings. The number of thiophene rings is 1. The minimum Gasteiger partial charge on any atom is -0.206 e. The van der Waals surface area contributed by atoms with Gasteiger partial charge in [-0.05, 0) is 53.0 Å². The van der Waals surface area contributed by atoms with Crippen LogP contribution in [-0.2, 0) is 10.0 Å². The summed E-state index contributed by atoms with van der Waals surface area (Å²) >= 11 is 8.00. The van der Waals surface area contributed by atoms with Crippen molar-refractivity contribution in [1.29, 1.82) is 0 Å². The maximum atomic E-state index is 12.4. The van der Waals surface area contributed by atoms with Crippen LogP contribution in [0.15, 0.2) is 42.8 Å². The van der Waals surface area contributed by atoms with Crippen LogP contribution in [0.5, 0.6) is 0 Å². The van der Waals surface area contributed by atoms with E-state index < -0.39 is 10.0 Å². The Labute approximate surface area is 139 Å². The average Bonchev–Trinajstić information content (AvgIpc) is 2.70. The minimum atomic E-state index is -3.51. The fourth-order valence-corrected chi connectivity index (χ4v) is 5.84. The van der Waals surface area contributed by atoms with Gasteiger partial charge < -0.3 is 0 Å². The summed E-state index contributed by atoms with van der Waals surface area (Å²) in [6, 6.07) is 8.94. The summed E-state index contributed by atoms with van der Waals surface area (Å²) in [7, 11) is -3.51. The molecular weight excluding hydrogens is 426 g/mol. The molecule has 1 aromatic heterocycles. The molecule has 2 rings (SSSR count). The average molecular weight is 439 g/mol. The van der Waals surface area contributed by atoms with Gasteiger partial charge in [0.25, 0.3) is 10.0 Å². The molecule has 1 atom stereocenters. The maximum Gasteiger partial charge on any atom is 0.250 e. The van der Waals surface area contributed by atoms with Gasteiger partial charge in [-0.3, -0.25) is 0 Å². The Morgan fingerprint density at radius 2 is 1.90 bits per heavy atom. The Balaban J connectivity index is 2.27. The van der Waals surface area contributed by atoms with E-state index in [1.165, 1.54) is 11.3 Å². The Hall–Kier alpha value is -0.210. The van der Waals surface area contributed by atoms with Crippen molar-refractivity contribution in [2.24, 2.45) is 0 Å². The van der Waals surface area contributed by atoms with Crippen molar-refractivity contribution in [1.82, 2.24) is 4.72 Å². The summed E-state index contributed by atoms with van der Waals surface area (Å²) in [5.41, 5.74) is 1.83. The number of hydrogen-bond donors (Lipinski definition) is 1. The SMILES string of the molecule is Cc1cc(S(=O)(=O)NC(C)c2ccccc2Br)sc1Br. The summed E-state index contributed by atoms with van der Waals surface area (Å²) in [4.78, 5) is 0. The number of nitrogens with one attached hydrogen (secondary N) is 1. The number of hydrogen-bond acceptors (Lipinski definition) is 3. The Morgan fingerprint density at radius 1 is 1.25 bits per heavy atom. The minimum absolute atomic E-state index is 0.309. The second-order valence-electron chi connectivity index (χ2n) is 4.39. The monoisotopic (exact) mass is 437 g/mol. The molecule has 0 aliphatic heterocycles. The van der Waals surface area contributed by atoms with Gasteiger partial charge in [0, 0.05) is 10.5 Å². The van der Waals surface area contributed by atoms with E-state index in [1.807, 2.05) is 38.1 Å². The van der Waals surface area contributed by atoms with E-state index in [2.05, 4.69) is 36.6 Å². The lowest BCUT2D eigenvalue weighted by Crippen LogP contribution is -2.26. The topological polar surface area (TPSA) is 46.2 Å². The standard InChI is InChI=1S/C13H13Br2NO2S2/c1-8-7-12(19-13(8)15)20(17,18)16-9(2)10-5-3-4-6-11(10)14/h3-7,9,16H,1-2H3. The van der Waals surface area contributed by atoms with Gasteiger partial charge in [0.1, 0.15) is 4.21 Å². The molecule has 1 heterocycles. The van der Waals surface area contributed by atoms with E-state index in [0.717, 1.165) is 19.4 Å². The molecule has 1 N–H and O–H groups in total. The molecule has 0 aliphatic rings. The Bertz CT molecular complexity index is 706. The van der Waals surface area contributed by atoms with Crippen molar-refractivity contribution in [3.63, 3.8) is 0 Å². The van der Waals surface area contributed by atoms with Gasteiger partial charge in [-0.2, -0.15) is 0 Å². The van der Waals surface area contributed by atoms with Crippen molar-refractivity contribution < 1.29 is 8.42 Å². The fourth-order valence-electron chi connectivity index (χ4n) is 1.74. The van der Waals surface area contributed by atoms with Gasteiger partial charge in [-0.15, -0.1) is 11.3 Å². The van der Waals surface area contributed by atoms with Crippen molar-refractivity contribution in [3.8, 4) is 0 Å². The van der Waals surface area contributed by atoms with Crippen LogP contribution in [0, 0.1) is 6.92 Å². The maximum absolute atomic E-state index is 12.4. The van der Waals surface area contributed by atoms with E-state index in [9.17, 15) is 8.42 Å². The van der Waals surface area contributed by atoms with Crippen molar-refractivity contribution in [2.45, 2.75) is 24.1 Å². The number of rotatable bonds is 4. The predicted octanol–water partition coefficient (Wildman–Crippen LogP) is 4.62. The Kier molecular flexibility index (Phi) is 5.07. The molecule has 7 heteroatoms. The van der Waals surface area contributed by atoms with E-state index in [-0.39, 0.29) is 6.04 Å². The molecule has 3 nitrogen and oxygen atoms in total. The molecule has 0 fully saturated rings. The smallest absolute Gasteiger partial charge is 0.206 e. The first-order valence-corrected chi connectivity index (χ1v) is 9.72. The third kappa shape index (κ3) is 3.51. The second-order valence-corrected chi connectivity index (χ2v) is 9.55. The lowest BCUT2D eigenvalue weighted by molar-refractivity contribution is 0.568. The van der Waals surface area contributed by atoms with E-state index in [4.69, 9.17) is 0 Å². The molecule has 0 saturated heterocycles.